The molecule has 0 aliphatic heterocycles. The first-order chi connectivity index (χ1) is 13.7. The predicted molar refractivity (Wildman–Crippen MR) is 117 cm³/mol. The highest BCUT2D eigenvalue weighted by Crippen LogP contribution is 2.28. The minimum absolute atomic E-state index is 0.0510. The van der Waals surface area contributed by atoms with Gasteiger partial charge in [0.1, 0.15) is 18.5 Å². The van der Waals surface area contributed by atoms with Gasteiger partial charge in [-0.1, -0.05) is 12.1 Å². The summed E-state index contributed by atoms with van der Waals surface area (Å²) < 4.78 is 5.83. The third kappa shape index (κ3) is 9.47. The molecule has 0 radical (unpaired) electrons. The van der Waals surface area contributed by atoms with Crippen LogP contribution in [0.15, 0.2) is 41.5 Å². The Labute approximate surface area is 173 Å². The van der Waals surface area contributed by atoms with Gasteiger partial charge >= 0.3 is 0 Å². The van der Waals surface area contributed by atoms with Gasteiger partial charge in [0.05, 0.1) is 5.69 Å². The predicted octanol–water partition coefficient (Wildman–Crippen LogP) is 2.69. The van der Waals surface area contributed by atoms with E-state index >= 15 is 0 Å². The maximum atomic E-state index is 10.1. The highest BCUT2D eigenvalue weighted by molar-refractivity contribution is 5.79. The normalized spacial score (nSPS) is 11.7. The highest BCUT2D eigenvalue weighted by Gasteiger charge is 2.14. The first-order valence-electron chi connectivity index (χ1n) is 9.45. The smallest absolute Gasteiger partial charge is 0.168 e. The lowest BCUT2D eigenvalue weighted by molar-refractivity contribution is 0.100. The molecule has 0 amide bonds. The number of aliphatic hydroxyl groups is 2. The number of aromatic nitrogens is 2. The molecule has 0 aliphatic carbocycles. The minimum atomic E-state index is -0.606. The SMILES string of the molecule is CC(C)=NNc1ccc(-c2ccccc2OCC(O)CNC(C)(C)C)nn1.CO. The Morgan fingerprint density at radius 2 is 1.79 bits per heavy atom. The van der Waals surface area contributed by atoms with E-state index in [1.165, 1.54) is 0 Å². The number of anilines is 1. The molecule has 160 valence electrons. The summed E-state index contributed by atoms with van der Waals surface area (Å²) in [6.45, 7) is 10.6. The first-order valence-corrected chi connectivity index (χ1v) is 9.45. The van der Waals surface area contributed by atoms with Gasteiger partial charge in [-0.25, -0.2) is 0 Å². The van der Waals surface area contributed by atoms with E-state index in [9.17, 15) is 5.11 Å². The van der Waals surface area contributed by atoms with Crippen LogP contribution in [0.2, 0.25) is 0 Å². The van der Waals surface area contributed by atoms with Crippen LogP contribution in [0.25, 0.3) is 11.3 Å². The molecule has 0 saturated heterocycles. The van der Waals surface area contributed by atoms with Gasteiger partial charge in [0.25, 0.3) is 0 Å². The highest BCUT2D eigenvalue weighted by atomic mass is 16.5. The number of aliphatic hydroxyl groups excluding tert-OH is 2. The van der Waals surface area contributed by atoms with E-state index in [1.807, 2.05) is 50.2 Å². The molecular formula is C21H33N5O3. The largest absolute Gasteiger partial charge is 0.490 e. The summed E-state index contributed by atoms with van der Waals surface area (Å²) in [5.74, 6) is 1.23. The van der Waals surface area contributed by atoms with E-state index < -0.39 is 6.10 Å². The van der Waals surface area contributed by atoms with Gasteiger partial charge in [-0.2, -0.15) is 5.10 Å². The zero-order valence-electron chi connectivity index (χ0n) is 18.1. The maximum Gasteiger partial charge on any atom is 0.168 e. The molecule has 1 heterocycles. The van der Waals surface area contributed by atoms with Crippen LogP contribution in [-0.4, -0.2) is 58.0 Å². The van der Waals surface area contributed by atoms with E-state index in [2.05, 4.69) is 46.8 Å². The van der Waals surface area contributed by atoms with Crippen LogP contribution in [0.4, 0.5) is 5.82 Å². The van der Waals surface area contributed by atoms with Crippen LogP contribution in [-0.2, 0) is 0 Å². The number of hydrazone groups is 1. The molecule has 1 aromatic heterocycles. The van der Waals surface area contributed by atoms with Crippen LogP contribution < -0.4 is 15.5 Å². The molecule has 0 bridgehead atoms. The summed E-state index contributed by atoms with van der Waals surface area (Å²) in [6.07, 6.45) is -0.606. The molecule has 8 nitrogen and oxygen atoms in total. The standard InChI is InChI=1S/C20H29N5O2.CH4O/c1-14(2)22-24-19-11-10-17(23-25-19)16-8-6-7-9-18(16)27-13-15(26)12-21-20(3,4)5;1-2/h6-11,15,21,26H,12-13H2,1-5H3,(H,24,25);2H,1H3. The molecule has 2 aromatic rings. The summed E-state index contributed by atoms with van der Waals surface area (Å²) in [6, 6.07) is 11.3. The second-order valence-electron chi connectivity index (χ2n) is 7.57. The number of rotatable bonds is 8. The van der Waals surface area contributed by atoms with Crippen LogP contribution in [0.1, 0.15) is 34.6 Å². The van der Waals surface area contributed by atoms with E-state index in [0.29, 0.717) is 23.8 Å². The van der Waals surface area contributed by atoms with Gasteiger partial charge in [0.15, 0.2) is 5.82 Å². The summed E-state index contributed by atoms with van der Waals surface area (Å²) in [5.41, 5.74) is 5.21. The van der Waals surface area contributed by atoms with Gasteiger partial charge in [-0.15, -0.1) is 10.2 Å². The number of benzene rings is 1. The molecule has 0 aliphatic rings. The van der Waals surface area contributed by atoms with Crippen molar-refractivity contribution in [3.8, 4) is 17.0 Å². The Morgan fingerprint density at radius 1 is 1.10 bits per heavy atom. The van der Waals surface area contributed by atoms with Crippen molar-refractivity contribution < 1.29 is 14.9 Å². The number of nitrogens with one attached hydrogen (secondary N) is 2. The van der Waals surface area contributed by atoms with E-state index in [-0.39, 0.29) is 12.1 Å². The van der Waals surface area contributed by atoms with Gasteiger partial charge in [0.2, 0.25) is 0 Å². The zero-order valence-corrected chi connectivity index (χ0v) is 18.1. The van der Waals surface area contributed by atoms with Crippen molar-refractivity contribution in [1.29, 1.82) is 0 Å². The summed E-state index contributed by atoms with van der Waals surface area (Å²) in [7, 11) is 1.00. The number of hydrogen-bond acceptors (Lipinski definition) is 8. The lowest BCUT2D eigenvalue weighted by Gasteiger charge is -2.23. The molecular weight excluding hydrogens is 370 g/mol. The van der Waals surface area contributed by atoms with Crippen molar-refractivity contribution in [2.75, 3.05) is 25.7 Å². The van der Waals surface area contributed by atoms with Crippen molar-refractivity contribution in [3.63, 3.8) is 0 Å². The Bertz CT molecular complexity index is 754. The average Bonchev–Trinajstić information content (AvgIpc) is 2.71. The Hall–Kier alpha value is -2.55. The van der Waals surface area contributed by atoms with Crippen molar-refractivity contribution in [3.05, 3.63) is 36.4 Å². The molecule has 1 atom stereocenters. The molecule has 2 rings (SSSR count). The van der Waals surface area contributed by atoms with Gasteiger partial charge in [0, 0.05) is 30.5 Å². The molecule has 0 fully saturated rings. The molecule has 1 aromatic carbocycles. The molecule has 1 unspecified atom stereocenters. The number of para-hydroxylation sites is 1. The number of ether oxygens (including phenoxy) is 1. The second kappa shape index (κ2) is 12.1. The number of nitrogens with zero attached hydrogens (tertiary/aromatic N) is 3. The van der Waals surface area contributed by atoms with Gasteiger partial charge in [-0.05, 0) is 58.9 Å². The second-order valence-corrected chi connectivity index (χ2v) is 7.57. The van der Waals surface area contributed by atoms with Gasteiger partial charge < -0.3 is 20.3 Å². The van der Waals surface area contributed by atoms with Crippen LogP contribution >= 0.6 is 0 Å². The van der Waals surface area contributed by atoms with Crippen LogP contribution in [0.5, 0.6) is 5.75 Å². The maximum absolute atomic E-state index is 10.1. The quantitative estimate of drug-likeness (QED) is 0.396. The van der Waals surface area contributed by atoms with E-state index in [1.54, 1.807) is 0 Å². The Balaban J connectivity index is 0.00000204. The Kier molecular flexibility index (Phi) is 10.2. The summed E-state index contributed by atoms with van der Waals surface area (Å²) >= 11 is 0. The summed E-state index contributed by atoms with van der Waals surface area (Å²) in [5, 5.41) is 32.9. The fourth-order valence-corrected chi connectivity index (χ4v) is 2.18. The monoisotopic (exact) mass is 403 g/mol. The third-order valence-electron chi connectivity index (χ3n) is 3.52. The Morgan fingerprint density at radius 3 is 2.38 bits per heavy atom. The summed E-state index contributed by atoms with van der Waals surface area (Å²) in [4.78, 5) is 0. The van der Waals surface area contributed by atoms with E-state index in [0.717, 1.165) is 18.4 Å². The van der Waals surface area contributed by atoms with Crippen molar-refractivity contribution >= 4 is 11.5 Å². The minimum Gasteiger partial charge on any atom is -0.490 e. The molecule has 4 N–H and O–H groups in total. The van der Waals surface area contributed by atoms with E-state index in [4.69, 9.17) is 9.84 Å². The van der Waals surface area contributed by atoms with Gasteiger partial charge in [-0.3, -0.25) is 5.43 Å². The number of hydrogen-bond donors (Lipinski definition) is 4. The van der Waals surface area contributed by atoms with Crippen LogP contribution in [0, 0.1) is 0 Å². The molecule has 8 heteroatoms. The zero-order chi connectivity index (χ0) is 21.9. The van der Waals surface area contributed by atoms with Crippen molar-refractivity contribution in [1.82, 2.24) is 15.5 Å². The molecule has 0 saturated carbocycles. The first kappa shape index (κ1) is 24.5. The number of β-amino-alcohol motifs (C(OH)–C–C–N with tert-alkyl or cyclic N) is 1. The van der Waals surface area contributed by atoms with Crippen molar-refractivity contribution in [2.24, 2.45) is 5.10 Å². The fourth-order valence-electron chi connectivity index (χ4n) is 2.18. The van der Waals surface area contributed by atoms with Crippen molar-refractivity contribution in [2.45, 2.75) is 46.3 Å². The fraction of sp³-hybridized carbons (Fsp3) is 0.476. The lowest BCUT2D eigenvalue weighted by Crippen LogP contribution is -2.42. The van der Waals surface area contributed by atoms with Crippen LogP contribution in [0.3, 0.4) is 0 Å². The molecule has 0 spiro atoms. The topological polar surface area (TPSA) is 112 Å². The molecule has 29 heavy (non-hydrogen) atoms. The average molecular weight is 404 g/mol. The third-order valence-corrected chi connectivity index (χ3v) is 3.52. The lowest BCUT2D eigenvalue weighted by atomic mass is 10.1.